The molecular formula is C18H25BrN2O2. The summed E-state index contributed by atoms with van der Waals surface area (Å²) in [4.78, 5) is 4.96. The average Bonchev–Trinajstić information content (AvgIpc) is 2.54. The van der Waals surface area contributed by atoms with Gasteiger partial charge in [-0.2, -0.15) is 0 Å². The van der Waals surface area contributed by atoms with Crippen molar-refractivity contribution in [1.29, 1.82) is 0 Å². The molecule has 1 aromatic rings. The molecule has 5 rings (SSSR count). The molecule has 4 heterocycles. The van der Waals surface area contributed by atoms with Gasteiger partial charge in [-0.25, -0.2) is 0 Å². The molecule has 0 spiro atoms. The molecule has 126 valence electrons. The quantitative estimate of drug-likeness (QED) is 0.845. The molecular weight excluding hydrogens is 356 g/mol. The molecule has 4 fully saturated rings. The SMILES string of the molecule is CCC12CN3CC(CC)(CN(C1)C3c1cc(Br)ccc1O)C2O. The van der Waals surface area contributed by atoms with Gasteiger partial charge in [0.25, 0.3) is 0 Å². The van der Waals surface area contributed by atoms with E-state index in [1.807, 2.05) is 12.1 Å². The highest BCUT2D eigenvalue weighted by atomic mass is 79.9. The van der Waals surface area contributed by atoms with Crippen LogP contribution in [0.25, 0.3) is 0 Å². The molecule has 4 nitrogen and oxygen atoms in total. The Hall–Kier alpha value is -0.620. The number of hydrogen-bond donors (Lipinski definition) is 2. The van der Waals surface area contributed by atoms with Crippen LogP contribution in [0.5, 0.6) is 5.75 Å². The van der Waals surface area contributed by atoms with Crippen LogP contribution in [0.2, 0.25) is 0 Å². The van der Waals surface area contributed by atoms with Crippen LogP contribution in [0.3, 0.4) is 0 Å². The van der Waals surface area contributed by atoms with Crippen molar-refractivity contribution in [2.24, 2.45) is 10.8 Å². The largest absolute Gasteiger partial charge is 0.508 e. The van der Waals surface area contributed by atoms with E-state index in [1.165, 1.54) is 0 Å². The second kappa shape index (κ2) is 5.19. The van der Waals surface area contributed by atoms with Gasteiger partial charge in [0.05, 0.1) is 12.3 Å². The van der Waals surface area contributed by atoms with Crippen LogP contribution in [-0.4, -0.2) is 52.3 Å². The summed E-state index contributed by atoms with van der Waals surface area (Å²) in [7, 11) is 0. The molecule has 0 unspecified atom stereocenters. The topological polar surface area (TPSA) is 46.9 Å². The van der Waals surface area contributed by atoms with Crippen molar-refractivity contribution >= 4 is 15.9 Å². The Morgan fingerprint density at radius 2 is 1.61 bits per heavy atom. The molecule has 0 radical (unpaired) electrons. The van der Waals surface area contributed by atoms with E-state index >= 15 is 0 Å². The lowest BCUT2D eigenvalue weighted by molar-refractivity contribution is -0.266. The Morgan fingerprint density at radius 3 is 2.09 bits per heavy atom. The zero-order valence-electron chi connectivity index (χ0n) is 13.8. The van der Waals surface area contributed by atoms with E-state index < -0.39 is 0 Å². The number of aliphatic hydroxyl groups is 1. The zero-order valence-corrected chi connectivity index (χ0v) is 15.4. The summed E-state index contributed by atoms with van der Waals surface area (Å²) < 4.78 is 0.997. The highest BCUT2D eigenvalue weighted by molar-refractivity contribution is 9.10. The molecule has 1 aromatic carbocycles. The fraction of sp³-hybridized carbons (Fsp3) is 0.667. The van der Waals surface area contributed by atoms with Crippen LogP contribution >= 0.6 is 15.9 Å². The van der Waals surface area contributed by atoms with Gasteiger partial charge in [0.1, 0.15) is 5.75 Å². The van der Waals surface area contributed by atoms with Crippen molar-refractivity contribution in [3.05, 3.63) is 28.2 Å². The lowest BCUT2D eigenvalue weighted by Crippen LogP contribution is -2.78. The molecule has 0 atom stereocenters. The van der Waals surface area contributed by atoms with Crippen molar-refractivity contribution in [3.8, 4) is 5.75 Å². The van der Waals surface area contributed by atoms with Crippen LogP contribution in [0, 0.1) is 10.8 Å². The maximum absolute atomic E-state index is 11.1. The third-order valence-electron chi connectivity index (χ3n) is 6.60. The zero-order chi connectivity index (χ0) is 16.4. The van der Waals surface area contributed by atoms with Crippen LogP contribution in [-0.2, 0) is 0 Å². The number of aromatic hydroxyl groups is 1. The van der Waals surface area contributed by atoms with Crippen LogP contribution < -0.4 is 0 Å². The minimum absolute atomic E-state index is 0.0232. The highest BCUT2D eigenvalue weighted by Gasteiger charge is 2.64. The van der Waals surface area contributed by atoms with E-state index in [2.05, 4.69) is 39.6 Å². The Balaban J connectivity index is 1.77. The van der Waals surface area contributed by atoms with Gasteiger partial charge < -0.3 is 10.2 Å². The van der Waals surface area contributed by atoms with E-state index in [-0.39, 0.29) is 23.1 Å². The van der Waals surface area contributed by atoms with Gasteiger partial charge in [-0.05, 0) is 31.0 Å². The Labute approximate surface area is 146 Å². The van der Waals surface area contributed by atoms with Gasteiger partial charge in [-0.3, -0.25) is 9.80 Å². The van der Waals surface area contributed by atoms with Gasteiger partial charge >= 0.3 is 0 Å². The van der Waals surface area contributed by atoms with Crippen LogP contribution in [0.15, 0.2) is 22.7 Å². The van der Waals surface area contributed by atoms with Crippen LogP contribution in [0.1, 0.15) is 38.4 Å². The molecule has 23 heavy (non-hydrogen) atoms. The normalized spacial score (nSPS) is 44.7. The summed E-state index contributed by atoms with van der Waals surface area (Å²) >= 11 is 3.53. The van der Waals surface area contributed by atoms with Gasteiger partial charge in [-0.1, -0.05) is 29.8 Å². The Morgan fingerprint density at radius 1 is 1.09 bits per heavy atom. The lowest BCUT2D eigenvalue weighted by atomic mass is 9.57. The maximum atomic E-state index is 11.1. The molecule has 0 aromatic heterocycles. The van der Waals surface area contributed by atoms with Crippen molar-refractivity contribution in [1.82, 2.24) is 9.80 Å². The summed E-state index contributed by atoms with van der Waals surface area (Å²) in [5.41, 5.74) is 0.931. The van der Waals surface area contributed by atoms with Gasteiger partial charge in [-0.15, -0.1) is 0 Å². The molecule has 4 aliphatic heterocycles. The first kappa shape index (κ1) is 15.9. The number of nitrogens with zero attached hydrogens (tertiary/aromatic N) is 2. The average molecular weight is 381 g/mol. The minimum Gasteiger partial charge on any atom is -0.508 e. The van der Waals surface area contributed by atoms with Gasteiger partial charge in [0.15, 0.2) is 0 Å². The first-order valence-corrected chi connectivity index (χ1v) is 9.38. The summed E-state index contributed by atoms with van der Waals surface area (Å²) in [6.07, 6.45) is 1.91. The molecule has 5 heteroatoms. The molecule has 0 amide bonds. The molecule has 4 saturated heterocycles. The van der Waals surface area contributed by atoms with Crippen molar-refractivity contribution < 1.29 is 10.2 Å². The number of halogens is 1. The predicted octanol–water partition coefficient (Wildman–Crippen LogP) is 2.95. The monoisotopic (exact) mass is 380 g/mol. The third kappa shape index (κ3) is 2.06. The molecule has 2 N–H and O–H groups in total. The first-order chi connectivity index (χ1) is 10.9. The molecule has 0 aliphatic carbocycles. The lowest BCUT2D eigenvalue weighted by Gasteiger charge is -2.69. The van der Waals surface area contributed by atoms with Crippen molar-refractivity contribution in [3.63, 3.8) is 0 Å². The summed E-state index contributed by atoms with van der Waals surface area (Å²) in [6, 6.07) is 5.69. The summed E-state index contributed by atoms with van der Waals surface area (Å²) in [6.45, 7) is 8.07. The van der Waals surface area contributed by atoms with Gasteiger partial charge in [0.2, 0.25) is 0 Å². The second-order valence-corrected chi connectivity index (χ2v) is 8.64. The van der Waals surface area contributed by atoms with Crippen LogP contribution in [0.4, 0.5) is 0 Å². The number of hydrogen-bond acceptors (Lipinski definition) is 4. The second-order valence-electron chi connectivity index (χ2n) is 7.72. The Kier molecular flexibility index (Phi) is 3.58. The predicted molar refractivity (Wildman–Crippen MR) is 93.1 cm³/mol. The number of benzene rings is 1. The highest BCUT2D eigenvalue weighted by Crippen LogP contribution is 2.57. The number of piperidine rings is 2. The number of phenolic OH excluding ortho intramolecular Hbond substituents is 1. The third-order valence-corrected chi connectivity index (χ3v) is 7.09. The fourth-order valence-corrected chi connectivity index (χ4v) is 5.74. The standard InChI is InChI=1S/C18H25BrN2O2/c1-3-17-8-20-10-18(4-2,16(17)23)11-21(9-17)15(20)13-7-12(19)5-6-14(13)22/h5-7,15-16,22-23H,3-4,8-11H2,1-2H3. The molecule has 4 bridgehead atoms. The Bertz CT molecular complexity index is 595. The number of aliphatic hydroxyl groups excluding tert-OH is 1. The summed E-state index contributed by atoms with van der Waals surface area (Å²) in [5, 5.41) is 21.5. The van der Waals surface area contributed by atoms with Gasteiger partial charge in [0, 0.05) is 47.0 Å². The van der Waals surface area contributed by atoms with E-state index in [0.717, 1.165) is 49.1 Å². The van der Waals surface area contributed by atoms with Crippen molar-refractivity contribution in [2.45, 2.75) is 39.0 Å². The van der Waals surface area contributed by atoms with E-state index in [9.17, 15) is 10.2 Å². The molecule has 4 aliphatic rings. The maximum Gasteiger partial charge on any atom is 0.121 e. The van der Waals surface area contributed by atoms with E-state index in [1.54, 1.807) is 6.07 Å². The first-order valence-electron chi connectivity index (χ1n) is 8.59. The molecule has 0 saturated carbocycles. The minimum atomic E-state index is -0.213. The van der Waals surface area contributed by atoms with E-state index in [4.69, 9.17) is 0 Å². The van der Waals surface area contributed by atoms with Crippen molar-refractivity contribution in [2.75, 3.05) is 26.2 Å². The number of rotatable bonds is 3. The summed E-state index contributed by atoms with van der Waals surface area (Å²) in [5.74, 6) is 0.363. The number of phenols is 1. The fourth-order valence-electron chi connectivity index (χ4n) is 5.36. The van der Waals surface area contributed by atoms with E-state index in [0.29, 0.717) is 5.75 Å². The smallest absolute Gasteiger partial charge is 0.121 e.